The first-order valence-electron chi connectivity index (χ1n) is 8.90. The maximum Gasteiger partial charge on any atom is 0.277 e. The van der Waals surface area contributed by atoms with Gasteiger partial charge in [0.05, 0.1) is 21.5 Å². The first-order valence-corrected chi connectivity index (χ1v) is 8.90. The Kier molecular flexibility index (Phi) is 5.62. The molecule has 8 nitrogen and oxygen atoms in total. The lowest BCUT2D eigenvalue weighted by Gasteiger charge is -2.34. The minimum absolute atomic E-state index is 0.143. The summed E-state index contributed by atoms with van der Waals surface area (Å²) >= 11 is 0. The molecule has 0 aliphatic heterocycles. The van der Waals surface area contributed by atoms with Crippen LogP contribution in [0.1, 0.15) is 42.5 Å². The predicted molar refractivity (Wildman–Crippen MR) is 99.8 cm³/mol. The van der Waals surface area contributed by atoms with Crippen molar-refractivity contribution >= 4 is 23.0 Å². The van der Waals surface area contributed by atoms with E-state index in [4.69, 9.17) is 0 Å². The number of carbonyl (C=O) groups is 1. The fourth-order valence-electron chi connectivity index (χ4n) is 3.50. The van der Waals surface area contributed by atoms with Gasteiger partial charge >= 0.3 is 0 Å². The zero-order valence-corrected chi connectivity index (χ0v) is 14.9. The molecule has 28 heavy (non-hydrogen) atoms. The Morgan fingerprint density at radius 1 is 0.929 bits per heavy atom. The van der Waals surface area contributed by atoms with Gasteiger partial charge in [-0.05, 0) is 37.1 Å². The molecule has 1 aliphatic rings. The topological polar surface area (TPSA) is 107 Å². The summed E-state index contributed by atoms with van der Waals surface area (Å²) in [4.78, 5) is 35.5. The highest BCUT2D eigenvalue weighted by molar-refractivity contribution is 6.07. The summed E-state index contributed by atoms with van der Waals surface area (Å²) in [6, 6.07) is 8.12. The van der Waals surface area contributed by atoms with Crippen LogP contribution in [0.2, 0.25) is 0 Å². The van der Waals surface area contributed by atoms with Gasteiger partial charge < -0.3 is 4.90 Å². The molecule has 1 amide bonds. The van der Waals surface area contributed by atoms with Gasteiger partial charge in [0, 0.05) is 23.9 Å². The van der Waals surface area contributed by atoms with Crippen LogP contribution in [-0.4, -0.2) is 21.8 Å². The van der Waals surface area contributed by atoms with Gasteiger partial charge in [0.2, 0.25) is 0 Å². The SMILES string of the molecule is O=C(c1cc([N+](=O)[O-])cc([N+](=O)[O-])c1)N(c1ccc(F)cc1)C1CCCCC1. The maximum atomic E-state index is 13.3. The molecule has 0 bridgehead atoms. The van der Waals surface area contributed by atoms with E-state index in [-0.39, 0.29) is 11.6 Å². The van der Waals surface area contributed by atoms with Crippen LogP contribution in [-0.2, 0) is 0 Å². The van der Waals surface area contributed by atoms with Crippen LogP contribution < -0.4 is 4.90 Å². The number of benzene rings is 2. The maximum absolute atomic E-state index is 13.3. The van der Waals surface area contributed by atoms with Gasteiger partial charge in [-0.3, -0.25) is 25.0 Å². The van der Waals surface area contributed by atoms with Gasteiger partial charge in [0.1, 0.15) is 5.82 Å². The third kappa shape index (κ3) is 4.13. The number of hydrogen-bond acceptors (Lipinski definition) is 5. The zero-order chi connectivity index (χ0) is 20.3. The number of amides is 1. The number of nitro groups is 2. The van der Waals surface area contributed by atoms with E-state index >= 15 is 0 Å². The Balaban J connectivity index is 2.06. The lowest BCUT2D eigenvalue weighted by molar-refractivity contribution is -0.394. The van der Waals surface area contributed by atoms with E-state index in [1.807, 2.05) is 0 Å². The highest BCUT2D eigenvalue weighted by atomic mass is 19.1. The molecule has 3 rings (SSSR count). The fourth-order valence-corrected chi connectivity index (χ4v) is 3.50. The van der Waals surface area contributed by atoms with Crippen LogP contribution >= 0.6 is 0 Å². The molecule has 0 atom stereocenters. The summed E-state index contributed by atoms with van der Waals surface area (Å²) in [5, 5.41) is 22.3. The molecular weight excluding hydrogens is 369 g/mol. The third-order valence-corrected chi connectivity index (χ3v) is 4.83. The Hall–Kier alpha value is -3.36. The summed E-state index contributed by atoms with van der Waals surface area (Å²) in [6.45, 7) is 0. The van der Waals surface area contributed by atoms with Crippen LogP contribution in [0.5, 0.6) is 0 Å². The number of rotatable bonds is 5. The Bertz CT molecular complexity index is 878. The van der Waals surface area contributed by atoms with Gasteiger partial charge in [-0.2, -0.15) is 0 Å². The van der Waals surface area contributed by atoms with Crippen molar-refractivity contribution in [2.24, 2.45) is 0 Å². The molecule has 0 aromatic heterocycles. The molecule has 0 N–H and O–H groups in total. The fraction of sp³-hybridized carbons (Fsp3) is 0.316. The minimum atomic E-state index is -0.771. The summed E-state index contributed by atoms with van der Waals surface area (Å²) in [5.41, 5.74) is -0.747. The van der Waals surface area contributed by atoms with E-state index in [2.05, 4.69) is 0 Å². The highest BCUT2D eigenvalue weighted by Gasteiger charge is 2.30. The third-order valence-electron chi connectivity index (χ3n) is 4.83. The molecular formula is C19H18FN3O5. The summed E-state index contributed by atoms with van der Waals surface area (Å²) in [6.07, 6.45) is 4.36. The molecule has 1 aliphatic carbocycles. The van der Waals surface area contributed by atoms with E-state index in [1.54, 1.807) is 0 Å². The molecule has 1 fully saturated rings. The van der Waals surface area contributed by atoms with Gasteiger partial charge in [0.15, 0.2) is 0 Å². The van der Waals surface area contributed by atoms with Crippen molar-refractivity contribution in [3.05, 3.63) is 74.1 Å². The molecule has 2 aromatic rings. The predicted octanol–water partition coefficient (Wildman–Crippen LogP) is 4.62. The van der Waals surface area contributed by atoms with Gasteiger partial charge in [0.25, 0.3) is 17.3 Å². The van der Waals surface area contributed by atoms with Crippen molar-refractivity contribution in [3.63, 3.8) is 0 Å². The number of halogens is 1. The van der Waals surface area contributed by atoms with Crippen molar-refractivity contribution in [1.82, 2.24) is 0 Å². The highest BCUT2D eigenvalue weighted by Crippen LogP contribution is 2.31. The monoisotopic (exact) mass is 387 g/mol. The molecule has 2 aromatic carbocycles. The van der Waals surface area contributed by atoms with E-state index in [0.29, 0.717) is 5.69 Å². The Morgan fingerprint density at radius 2 is 1.46 bits per heavy atom. The van der Waals surface area contributed by atoms with Crippen molar-refractivity contribution < 1.29 is 19.0 Å². The van der Waals surface area contributed by atoms with Crippen molar-refractivity contribution in [3.8, 4) is 0 Å². The Morgan fingerprint density at radius 3 is 1.96 bits per heavy atom. The lowest BCUT2D eigenvalue weighted by Crippen LogP contribution is -2.41. The standard InChI is InChI=1S/C19H18FN3O5/c20-14-6-8-16(9-7-14)21(15-4-2-1-3-5-15)19(24)13-10-17(22(25)26)12-18(11-13)23(27)28/h6-12,15H,1-5H2. The second-order valence-corrected chi connectivity index (χ2v) is 6.70. The largest absolute Gasteiger partial charge is 0.305 e. The number of nitrogens with zero attached hydrogens (tertiary/aromatic N) is 3. The van der Waals surface area contributed by atoms with Crippen LogP contribution in [0.3, 0.4) is 0 Å². The number of hydrogen-bond donors (Lipinski definition) is 0. The number of nitro benzene ring substituents is 2. The second-order valence-electron chi connectivity index (χ2n) is 6.70. The molecule has 146 valence electrons. The molecule has 0 heterocycles. The van der Waals surface area contributed by atoms with Crippen molar-refractivity contribution in [2.45, 2.75) is 38.1 Å². The first kappa shape index (κ1) is 19.4. The molecule has 0 spiro atoms. The normalized spacial score (nSPS) is 14.5. The van der Waals surface area contributed by atoms with E-state index in [1.165, 1.54) is 29.2 Å². The summed E-state index contributed by atoms with van der Waals surface area (Å²) < 4.78 is 13.3. The smallest absolute Gasteiger partial charge is 0.277 e. The van der Waals surface area contributed by atoms with Crippen LogP contribution in [0.4, 0.5) is 21.5 Å². The lowest BCUT2D eigenvalue weighted by atomic mass is 9.93. The zero-order valence-electron chi connectivity index (χ0n) is 14.9. The Labute approximate surface area is 159 Å². The molecule has 9 heteroatoms. The second kappa shape index (κ2) is 8.12. The van der Waals surface area contributed by atoms with E-state index in [9.17, 15) is 29.4 Å². The van der Waals surface area contributed by atoms with E-state index in [0.717, 1.165) is 50.3 Å². The molecule has 0 radical (unpaired) electrons. The molecule has 0 saturated heterocycles. The molecule has 0 unspecified atom stereocenters. The average Bonchev–Trinajstić information content (AvgIpc) is 2.70. The molecule has 1 saturated carbocycles. The summed E-state index contributed by atoms with van der Waals surface area (Å²) in [5.74, 6) is -1.03. The van der Waals surface area contributed by atoms with Gasteiger partial charge in [-0.25, -0.2) is 4.39 Å². The van der Waals surface area contributed by atoms with Crippen LogP contribution in [0.15, 0.2) is 42.5 Å². The first-order chi connectivity index (χ1) is 13.4. The van der Waals surface area contributed by atoms with Gasteiger partial charge in [-0.1, -0.05) is 19.3 Å². The van der Waals surface area contributed by atoms with Gasteiger partial charge in [-0.15, -0.1) is 0 Å². The van der Waals surface area contributed by atoms with Crippen LogP contribution in [0.25, 0.3) is 0 Å². The van der Waals surface area contributed by atoms with E-state index < -0.39 is 32.9 Å². The van der Waals surface area contributed by atoms with Crippen molar-refractivity contribution in [1.29, 1.82) is 0 Å². The summed E-state index contributed by atoms with van der Waals surface area (Å²) in [7, 11) is 0. The average molecular weight is 387 g/mol. The number of anilines is 1. The minimum Gasteiger partial charge on any atom is -0.305 e. The number of carbonyl (C=O) groups excluding carboxylic acids is 1. The van der Waals surface area contributed by atoms with Crippen LogP contribution in [0, 0.1) is 26.0 Å². The van der Waals surface area contributed by atoms with Crippen molar-refractivity contribution in [2.75, 3.05) is 4.90 Å². The number of non-ortho nitro benzene ring substituents is 2. The quantitative estimate of drug-likeness (QED) is 0.549.